The molecule has 0 unspecified atom stereocenters. The minimum Gasteiger partial charge on any atom is -0.484 e. The van der Waals surface area contributed by atoms with Crippen molar-refractivity contribution in [1.82, 2.24) is 0 Å². The van der Waals surface area contributed by atoms with Crippen molar-refractivity contribution in [3.05, 3.63) is 64.2 Å². The Morgan fingerprint density at radius 1 is 1.07 bits per heavy atom. The van der Waals surface area contributed by atoms with E-state index in [1.54, 1.807) is 24.3 Å². The standard InChI is InChI=1S/C20H22N2O6/c1-14(2)11-12-27-20(24)15-3-5-16(6-4-15)21-19(23)13-28-18-9-7-17(8-10-18)22(25)26/h3-10,14H,11-13H2,1-2H3,(H,21,23). The average Bonchev–Trinajstić information content (AvgIpc) is 2.67. The van der Waals surface area contributed by atoms with E-state index in [4.69, 9.17) is 9.47 Å². The molecule has 148 valence electrons. The summed E-state index contributed by atoms with van der Waals surface area (Å²) in [4.78, 5) is 33.9. The van der Waals surface area contributed by atoms with Crippen LogP contribution in [-0.4, -0.2) is 30.0 Å². The third kappa shape index (κ3) is 6.71. The first-order valence-corrected chi connectivity index (χ1v) is 8.79. The molecule has 2 rings (SSSR count). The lowest BCUT2D eigenvalue weighted by Gasteiger charge is -2.09. The summed E-state index contributed by atoms with van der Waals surface area (Å²) in [5.41, 5.74) is 0.861. The number of hydrogen-bond acceptors (Lipinski definition) is 6. The van der Waals surface area contributed by atoms with Crippen LogP contribution in [0.15, 0.2) is 48.5 Å². The molecule has 0 spiro atoms. The summed E-state index contributed by atoms with van der Waals surface area (Å²) < 4.78 is 10.5. The molecule has 0 heterocycles. The predicted molar refractivity (Wildman–Crippen MR) is 103 cm³/mol. The van der Waals surface area contributed by atoms with Gasteiger partial charge in [-0.1, -0.05) is 13.8 Å². The number of anilines is 1. The predicted octanol–water partition coefficient (Wildman–Crippen LogP) is 3.82. The number of nitro benzene ring substituents is 1. The Hall–Kier alpha value is -3.42. The van der Waals surface area contributed by atoms with E-state index in [0.29, 0.717) is 29.5 Å². The van der Waals surface area contributed by atoms with Gasteiger partial charge in [0, 0.05) is 17.8 Å². The second-order valence-corrected chi connectivity index (χ2v) is 6.48. The minimum absolute atomic E-state index is 0.0559. The maximum atomic E-state index is 11.9. The molecule has 0 aromatic heterocycles. The summed E-state index contributed by atoms with van der Waals surface area (Å²) in [5.74, 6) is 0.00416. The van der Waals surface area contributed by atoms with E-state index >= 15 is 0 Å². The molecule has 2 aromatic carbocycles. The van der Waals surface area contributed by atoms with E-state index < -0.39 is 16.8 Å². The van der Waals surface area contributed by atoms with Crippen molar-refractivity contribution in [2.24, 2.45) is 5.92 Å². The highest BCUT2D eigenvalue weighted by molar-refractivity contribution is 5.93. The molecule has 28 heavy (non-hydrogen) atoms. The highest BCUT2D eigenvalue weighted by Gasteiger charge is 2.10. The van der Waals surface area contributed by atoms with E-state index in [9.17, 15) is 19.7 Å². The molecular weight excluding hydrogens is 364 g/mol. The Bertz CT molecular complexity index is 816. The number of hydrogen-bond donors (Lipinski definition) is 1. The zero-order valence-electron chi connectivity index (χ0n) is 15.7. The summed E-state index contributed by atoms with van der Waals surface area (Å²) in [6.45, 7) is 4.22. The fourth-order valence-electron chi connectivity index (χ4n) is 2.17. The van der Waals surface area contributed by atoms with Crippen LogP contribution in [0.1, 0.15) is 30.6 Å². The number of esters is 1. The van der Waals surface area contributed by atoms with E-state index in [1.807, 2.05) is 0 Å². The summed E-state index contributed by atoms with van der Waals surface area (Å²) in [6.07, 6.45) is 0.800. The normalized spacial score (nSPS) is 10.4. The van der Waals surface area contributed by atoms with Gasteiger partial charge < -0.3 is 14.8 Å². The summed E-state index contributed by atoms with van der Waals surface area (Å²) in [6, 6.07) is 11.8. The summed E-state index contributed by atoms with van der Waals surface area (Å²) >= 11 is 0. The van der Waals surface area contributed by atoms with Crippen molar-refractivity contribution >= 4 is 23.3 Å². The van der Waals surface area contributed by atoms with Gasteiger partial charge in [-0.05, 0) is 48.7 Å². The number of ether oxygens (including phenoxy) is 2. The zero-order valence-corrected chi connectivity index (χ0v) is 15.7. The van der Waals surface area contributed by atoms with E-state index in [1.165, 1.54) is 24.3 Å². The molecule has 0 atom stereocenters. The number of rotatable bonds is 9. The number of carbonyl (C=O) groups excluding carboxylic acids is 2. The molecule has 8 nitrogen and oxygen atoms in total. The van der Waals surface area contributed by atoms with E-state index in [0.717, 1.165) is 6.42 Å². The van der Waals surface area contributed by atoms with Gasteiger partial charge in [-0.15, -0.1) is 0 Å². The maximum Gasteiger partial charge on any atom is 0.338 e. The fourth-order valence-corrected chi connectivity index (χ4v) is 2.17. The van der Waals surface area contributed by atoms with Crippen LogP contribution in [0.5, 0.6) is 5.75 Å². The van der Waals surface area contributed by atoms with Gasteiger partial charge in [0.05, 0.1) is 17.1 Å². The first-order chi connectivity index (χ1) is 13.3. The van der Waals surface area contributed by atoms with Crippen LogP contribution in [0.2, 0.25) is 0 Å². The van der Waals surface area contributed by atoms with Gasteiger partial charge in [0.25, 0.3) is 11.6 Å². The van der Waals surface area contributed by atoms with Crippen LogP contribution in [-0.2, 0) is 9.53 Å². The first kappa shape index (κ1) is 20.9. The van der Waals surface area contributed by atoms with Crippen LogP contribution in [0.3, 0.4) is 0 Å². The van der Waals surface area contributed by atoms with Crippen molar-refractivity contribution in [2.45, 2.75) is 20.3 Å². The number of nitro groups is 1. The Balaban J connectivity index is 1.80. The number of carbonyl (C=O) groups is 2. The average molecular weight is 386 g/mol. The summed E-state index contributed by atoms with van der Waals surface area (Å²) in [5, 5.41) is 13.2. The van der Waals surface area contributed by atoms with E-state index in [2.05, 4.69) is 19.2 Å². The number of benzene rings is 2. The number of nitrogens with zero attached hydrogens (tertiary/aromatic N) is 1. The lowest BCUT2D eigenvalue weighted by Crippen LogP contribution is -2.20. The van der Waals surface area contributed by atoms with Gasteiger partial charge in [-0.25, -0.2) is 4.79 Å². The molecule has 0 bridgehead atoms. The van der Waals surface area contributed by atoms with Gasteiger partial charge in [0.1, 0.15) is 5.75 Å². The van der Waals surface area contributed by atoms with Crippen LogP contribution in [0.4, 0.5) is 11.4 Å². The van der Waals surface area contributed by atoms with Crippen molar-refractivity contribution in [3.63, 3.8) is 0 Å². The molecule has 0 aliphatic heterocycles. The van der Waals surface area contributed by atoms with Crippen LogP contribution >= 0.6 is 0 Å². The van der Waals surface area contributed by atoms with Crippen molar-refractivity contribution in [1.29, 1.82) is 0 Å². The molecule has 1 N–H and O–H groups in total. The summed E-state index contributed by atoms with van der Waals surface area (Å²) in [7, 11) is 0. The van der Waals surface area contributed by atoms with Gasteiger partial charge in [0.15, 0.2) is 6.61 Å². The highest BCUT2D eigenvalue weighted by Crippen LogP contribution is 2.17. The molecule has 8 heteroatoms. The lowest BCUT2D eigenvalue weighted by atomic mass is 10.1. The third-order valence-corrected chi connectivity index (χ3v) is 3.75. The molecule has 0 radical (unpaired) electrons. The lowest BCUT2D eigenvalue weighted by molar-refractivity contribution is -0.384. The SMILES string of the molecule is CC(C)CCOC(=O)c1ccc(NC(=O)COc2ccc([N+](=O)[O-])cc2)cc1. The Morgan fingerprint density at radius 3 is 2.29 bits per heavy atom. The molecule has 0 fully saturated rings. The number of non-ortho nitro benzene ring substituents is 1. The molecule has 0 saturated carbocycles. The second-order valence-electron chi connectivity index (χ2n) is 6.48. The van der Waals surface area contributed by atoms with Crippen LogP contribution < -0.4 is 10.1 Å². The smallest absolute Gasteiger partial charge is 0.338 e. The molecule has 0 saturated heterocycles. The monoisotopic (exact) mass is 386 g/mol. The Kier molecular flexibility index (Phi) is 7.50. The molecular formula is C20H22N2O6. The molecule has 1 amide bonds. The van der Waals surface area contributed by atoms with Gasteiger partial charge in [-0.3, -0.25) is 14.9 Å². The maximum absolute atomic E-state index is 11.9. The zero-order chi connectivity index (χ0) is 20.5. The molecule has 0 aliphatic carbocycles. The first-order valence-electron chi connectivity index (χ1n) is 8.79. The Labute approximate surface area is 162 Å². The van der Waals surface area contributed by atoms with E-state index in [-0.39, 0.29) is 12.3 Å². The quantitative estimate of drug-likeness (QED) is 0.399. The largest absolute Gasteiger partial charge is 0.484 e. The second kappa shape index (κ2) is 10.1. The Morgan fingerprint density at radius 2 is 1.71 bits per heavy atom. The van der Waals surface area contributed by atoms with Gasteiger partial charge in [0.2, 0.25) is 0 Å². The van der Waals surface area contributed by atoms with Crippen LogP contribution in [0, 0.1) is 16.0 Å². The highest BCUT2D eigenvalue weighted by atomic mass is 16.6. The van der Waals surface area contributed by atoms with Gasteiger partial charge >= 0.3 is 5.97 Å². The van der Waals surface area contributed by atoms with Gasteiger partial charge in [-0.2, -0.15) is 0 Å². The third-order valence-electron chi connectivity index (χ3n) is 3.75. The van der Waals surface area contributed by atoms with Crippen molar-refractivity contribution < 1.29 is 24.0 Å². The molecule has 2 aromatic rings. The fraction of sp³-hybridized carbons (Fsp3) is 0.300. The number of amides is 1. The number of nitrogens with one attached hydrogen (secondary N) is 1. The van der Waals surface area contributed by atoms with Crippen molar-refractivity contribution in [3.8, 4) is 5.75 Å². The minimum atomic E-state index is -0.514. The molecule has 0 aliphatic rings. The van der Waals surface area contributed by atoms with Crippen LogP contribution in [0.25, 0.3) is 0 Å². The van der Waals surface area contributed by atoms with Crippen molar-refractivity contribution in [2.75, 3.05) is 18.5 Å². The topological polar surface area (TPSA) is 108 Å².